The van der Waals surface area contributed by atoms with Gasteiger partial charge in [-0.1, -0.05) is 37.3 Å². The summed E-state index contributed by atoms with van der Waals surface area (Å²) in [5.41, 5.74) is 10.1. The molecule has 1 atom stereocenters. The van der Waals surface area contributed by atoms with Crippen LogP contribution < -0.4 is 10.6 Å². The molecule has 1 fully saturated rings. The van der Waals surface area contributed by atoms with Crippen molar-refractivity contribution >= 4 is 17.3 Å². The van der Waals surface area contributed by atoms with E-state index in [0.29, 0.717) is 12.5 Å². The van der Waals surface area contributed by atoms with Gasteiger partial charge in [-0.25, -0.2) is 0 Å². The molecule has 0 spiro atoms. The van der Waals surface area contributed by atoms with Crippen LogP contribution in [0.1, 0.15) is 43.2 Å². The minimum absolute atomic E-state index is 0.0891. The second-order valence-corrected chi connectivity index (χ2v) is 7.82. The zero-order valence-corrected chi connectivity index (χ0v) is 16.7. The Kier molecular flexibility index (Phi) is 6.04. The molecule has 0 radical (unpaired) electrons. The predicted octanol–water partition coefficient (Wildman–Crippen LogP) is 4.27. The second-order valence-electron chi connectivity index (χ2n) is 7.82. The lowest BCUT2D eigenvalue weighted by atomic mass is 9.94. The second kappa shape index (κ2) is 8.47. The smallest absolute Gasteiger partial charge is 0.230 e. The molecule has 4 heteroatoms. The Morgan fingerprint density at radius 2 is 1.85 bits per heavy atom. The van der Waals surface area contributed by atoms with Crippen molar-refractivity contribution in [1.82, 2.24) is 4.90 Å². The van der Waals surface area contributed by atoms with E-state index in [1.54, 1.807) is 0 Å². The Labute approximate surface area is 163 Å². The Bertz CT molecular complexity index is 768. The van der Waals surface area contributed by atoms with Crippen molar-refractivity contribution in [2.75, 3.05) is 31.3 Å². The maximum atomic E-state index is 13.5. The summed E-state index contributed by atoms with van der Waals surface area (Å²) in [5, 5.41) is 0. The molecule has 2 aromatic carbocycles. The fraction of sp³-hybridized carbons (Fsp3) is 0.435. The van der Waals surface area contributed by atoms with Gasteiger partial charge in [0.25, 0.3) is 0 Å². The van der Waals surface area contributed by atoms with Crippen LogP contribution in [0.5, 0.6) is 0 Å². The van der Waals surface area contributed by atoms with Gasteiger partial charge in [0.15, 0.2) is 0 Å². The lowest BCUT2D eigenvalue weighted by molar-refractivity contribution is -0.133. The molecule has 144 valence electrons. The fourth-order valence-corrected chi connectivity index (χ4v) is 3.68. The van der Waals surface area contributed by atoms with E-state index in [2.05, 4.69) is 28.9 Å². The number of hydrogen-bond donors (Lipinski definition) is 1. The lowest BCUT2D eigenvalue weighted by Gasteiger charge is -2.29. The molecule has 1 aliphatic rings. The first-order valence-corrected chi connectivity index (χ1v) is 9.89. The topological polar surface area (TPSA) is 49.6 Å². The molecule has 4 nitrogen and oxygen atoms in total. The number of rotatable bonds is 8. The largest absolute Gasteiger partial charge is 0.399 e. The SMILES string of the molecule is CCC(C(=O)N(Cc1cc(N)ccc1N(C)C)CC1CC1)c1ccccc1. The minimum Gasteiger partial charge on any atom is -0.399 e. The summed E-state index contributed by atoms with van der Waals surface area (Å²) in [6.45, 7) is 3.54. The highest BCUT2D eigenvalue weighted by molar-refractivity contribution is 5.84. The van der Waals surface area contributed by atoms with Crippen molar-refractivity contribution in [1.29, 1.82) is 0 Å². The number of carbonyl (C=O) groups is 1. The maximum absolute atomic E-state index is 13.5. The van der Waals surface area contributed by atoms with Crippen molar-refractivity contribution in [2.45, 2.75) is 38.6 Å². The molecule has 0 bridgehead atoms. The van der Waals surface area contributed by atoms with Crippen molar-refractivity contribution in [3.63, 3.8) is 0 Å². The summed E-state index contributed by atoms with van der Waals surface area (Å²) in [5.74, 6) is 0.780. The average Bonchev–Trinajstić information content (AvgIpc) is 3.46. The Hall–Kier alpha value is -2.49. The first-order valence-electron chi connectivity index (χ1n) is 9.89. The van der Waals surface area contributed by atoms with Crippen LogP contribution in [0.25, 0.3) is 0 Å². The third kappa shape index (κ3) is 4.82. The summed E-state index contributed by atoms with van der Waals surface area (Å²) in [7, 11) is 4.06. The van der Waals surface area contributed by atoms with Crippen LogP contribution in [0.3, 0.4) is 0 Å². The number of nitrogen functional groups attached to an aromatic ring is 1. The number of hydrogen-bond acceptors (Lipinski definition) is 3. The lowest BCUT2D eigenvalue weighted by Crippen LogP contribution is -2.36. The molecule has 2 N–H and O–H groups in total. The van der Waals surface area contributed by atoms with E-state index >= 15 is 0 Å². The predicted molar refractivity (Wildman–Crippen MR) is 113 cm³/mol. The van der Waals surface area contributed by atoms with Crippen molar-refractivity contribution in [3.05, 3.63) is 59.7 Å². The van der Waals surface area contributed by atoms with E-state index in [9.17, 15) is 4.79 Å². The van der Waals surface area contributed by atoms with Crippen LogP contribution in [0, 0.1) is 5.92 Å². The van der Waals surface area contributed by atoms with Crippen LogP contribution in [0.4, 0.5) is 11.4 Å². The molecule has 1 saturated carbocycles. The quantitative estimate of drug-likeness (QED) is 0.711. The monoisotopic (exact) mass is 365 g/mol. The number of nitrogens with zero attached hydrogens (tertiary/aromatic N) is 2. The Balaban J connectivity index is 1.88. The minimum atomic E-state index is -0.0891. The van der Waals surface area contributed by atoms with Crippen LogP contribution >= 0.6 is 0 Å². The van der Waals surface area contributed by atoms with Crippen LogP contribution in [0.2, 0.25) is 0 Å². The summed E-state index contributed by atoms with van der Waals surface area (Å²) in [6.07, 6.45) is 3.26. The molecule has 1 amide bonds. The summed E-state index contributed by atoms with van der Waals surface area (Å²) >= 11 is 0. The normalized spacial score (nSPS) is 14.6. The van der Waals surface area contributed by atoms with Gasteiger partial charge in [0, 0.05) is 38.6 Å². The fourth-order valence-electron chi connectivity index (χ4n) is 3.68. The molecule has 1 aliphatic carbocycles. The van der Waals surface area contributed by atoms with Gasteiger partial charge in [-0.2, -0.15) is 0 Å². The zero-order chi connectivity index (χ0) is 19.4. The molecule has 1 unspecified atom stereocenters. The molecule has 0 heterocycles. The van der Waals surface area contributed by atoms with E-state index in [1.165, 1.54) is 12.8 Å². The van der Waals surface area contributed by atoms with Gasteiger partial charge >= 0.3 is 0 Å². The molecular formula is C23H31N3O. The first kappa shape index (κ1) is 19.3. The van der Waals surface area contributed by atoms with Gasteiger partial charge in [-0.15, -0.1) is 0 Å². The average molecular weight is 366 g/mol. The highest BCUT2D eigenvalue weighted by atomic mass is 16.2. The highest BCUT2D eigenvalue weighted by Crippen LogP contribution is 2.33. The third-order valence-corrected chi connectivity index (χ3v) is 5.34. The molecule has 0 saturated heterocycles. The maximum Gasteiger partial charge on any atom is 0.230 e. The van der Waals surface area contributed by atoms with Crippen LogP contribution in [-0.4, -0.2) is 31.4 Å². The van der Waals surface area contributed by atoms with Gasteiger partial charge in [-0.3, -0.25) is 4.79 Å². The number of benzene rings is 2. The van der Waals surface area contributed by atoms with Gasteiger partial charge < -0.3 is 15.5 Å². The molecule has 3 rings (SSSR count). The Morgan fingerprint density at radius 1 is 1.15 bits per heavy atom. The third-order valence-electron chi connectivity index (χ3n) is 5.34. The van der Waals surface area contributed by atoms with E-state index in [-0.39, 0.29) is 11.8 Å². The summed E-state index contributed by atoms with van der Waals surface area (Å²) in [4.78, 5) is 17.6. The van der Waals surface area contributed by atoms with E-state index < -0.39 is 0 Å². The van der Waals surface area contributed by atoms with E-state index in [4.69, 9.17) is 5.73 Å². The standard InChI is InChI=1S/C23H31N3O/c1-4-21(18-8-6-5-7-9-18)23(27)26(15-17-10-11-17)16-19-14-20(24)12-13-22(19)25(2)3/h5-9,12-14,17,21H,4,10-11,15-16,24H2,1-3H3. The van der Waals surface area contributed by atoms with Gasteiger partial charge in [0.05, 0.1) is 5.92 Å². The number of nitrogens with two attached hydrogens (primary N) is 1. The zero-order valence-electron chi connectivity index (χ0n) is 16.7. The van der Waals surface area contributed by atoms with Crippen molar-refractivity contribution < 1.29 is 4.79 Å². The van der Waals surface area contributed by atoms with Crippen LogP contribution in [0.15, 0.2) is 48.5 Å². The summed E-state index contributed by atoms with van der Waals surface area (Å²) in [6, 6.07) is 16.1. The van der Waals surface area contributed by atoms with E-state index in [0.717, 1.165) is 35.5 Å². The van der Waals surface area contributed by atoms with Gasteiger partial charge in [0.1, 0.15) is 0 Å². The van der Waals surface area contributed by atoms with E-state index in [1.807, 2.05) is 50.5 Å². The van der Waals surface area contributed by atoms with Gasteiger partial charge in [0.2, 0.25) is 5.91 Å². The molecule has 27 heavy (non-hydrogen) atoms. The number of amides is 1. The molecule has 0 aliphatic heterocycles. The van der Waals surface area contributed by atoms with Crippen molar-refractivity contribution in [2.24, 2.45) is 5.92 Å². The molecule has 0 aromatic heterocycles. The number of carbonyl (C=O) groups excluding carboxylic acids is 1. The van der Waals surface area contributed by atoms with Gasteiger partial charge in [-0.05, 0) is 54.5 Å². The first-order chi connectivity index (χ1) is 13.0. The molecule has 2 aromatic rings. The number of anilines is 2. The van der Waals surface area contributed by atoms with Crippen LogP contribution in [-0.2, 0) is 11.3 Å². The Morgan fingerprint density at radius 3 is 2.44 bits per heavy atom. The highest BCUT2D eigenvalue weighted by Gasteiger charge is 2.31. The van der Waals surface area contributed by atoms with Crippen molar-refractivity contribution in [3.8, 4) is 0 Å². The summed E-state index contributed by atoms with van der Waals surface area (Å²) < 4.78 is 0. The molecular weight excluding hydrogens is 334 g/mol.